The number of nitrogens with one attached hydrogen (secondary N) is 1. The highest BCUT2D eigenvalue weighted by atomic mass is 35.5. The van der Waals surface area contributed by atoms with Crippen LogP contribution in [-0.4, -0.2) is 11.0 Å². The van der Waals surface area contributed by atoms with E-state index in [1.165, 1.54) is 4.88 Å². The highest BCUT2D eigenvalue weighted by Gasteiger charge is 2.18. The molecule has 0 saturated heterocycles. The molecule has 0 aromatic carbocycles. The van der Waals surface area contributed by atoms with Crippen molar-refractivity contribution in [2.75, 3.05) is 5.32 Å². The molecule has 0 radical (unpaired) electrons. The number of anilines is 1. The average molecular weight is 363 g/mol. The molecule has 0 bridgehead atoms. The van der Waals surface area contributed by atoms with Gasteiger partial charge in [0, 0.05) is 28.4 Å². The molecule has 0 spiro atoms. The van der Waals surface area contributed by atoms with Gasteiger partial charge in [0.25, 0.3) is 0 Å². The molecule has 7 heteroatoms. The first-order chi connectivity index (χ1) is 11.1. The zero-order valence-electron chi connectivity index (χ0n) is 12.5. The predicted molar refractivity (Wildman–Crippen MR) is 98.3 cm³/mol. The maximum absolute atomic E-state index is 9.49. The predicted octanol–water partition coefficient (Wildman–Crippen LogP) is 4.38. The Morgan fingerprint density at radius 1 is 1.52 bits per heavy atom. The van der Waals surface area contributed by atoms with Crippen molar-refractivity contribution in [2.45, 2.75) is 25.9 Å². The van der Waals surface area contributed by atoms with Gasteiger partial charge in [0.05, 0.1) is 16.0 Å². The minimum atomic E-state index is -0.00633. The van der Waals surface area contributed by atoms with Crippen LogP contribution in [0.2, 0.25) is 5.15 Å². The molecule has 23 heavy (non-hydrogen) atoms. The van der Waals surface area contributed by atoms with Crippen LogP contribution in [0.3, 0.4) is 0 Å². The summed E-state index contributed by atoms with van der Waals surface area (Å²) in [6.45, 7) is 2.65. The number of hydrogen-bond donors (Lipinski definition) is 2. The van der Waals surface area contributed by atoms with Crippen LogP contribution in [0.15, 0.2) is 23.6 Å². The lowest BCUT2D eigenvalue weighted by atomic mass is 10.1. The molecule has 0 fully saturated rings. The Morgan fingerprint density at radius 2 is 2.35 bits per heavy atom. The molecule has 3 N–H and O–H groups in total. The molecular formula is C16H15ClN4S2. The molecule has 4 nitrogen and oxygen atoms in total. The van der Waals surface area contributed by atoms with Crippen molar-refractivity contribution in [2.24, 2.45) is 5.73 Å². The summed E-state index contributed by atoms with van der Waals surface area (Å²) in [5, 5.41) is 15.3. The standard InChI is InChI=1S/C16H15ClN4S2/c1-9(19)5-13-11(7-18)15-16(23-13)12(6-14(17)21-15)20-8-10-3-2-4-22-10/h2-4,6,9H,5,8,19H2,1H3,(H,20,21)/t9-/m0/s1. The summed E-state index contributed by atoms with van der Waals surface area (Å²) in [4.78, 5) is 6.55. The van der Waals surface area contributed by atoms with Crippen LogP contribution in [0, 0.1) is 11.3 Å². The maximum Gasteiger partial charge on any atom is 0.131 e. The number of hydrogen-bond acceptors (Lipinski definition) is 6. The number of nitrogens with two attached hydrogens (primary N) is 1. The molecule has 0 saturated carbocycles. The Bertz CT molecular complexity index is 862. The summed E-state index contributed by atoms with van der Waals surface area (Å²) in [5.41, 5.74) is 8.05. The molecule has 0 unspecified atom stereocenters. The van der Waals surface area contributed by atoms with E-state index in [1.54, 1.807) is 22.7 Å². The minimum absolute atomic E-state index is 0.00633. The van der Waals surface area contributed by atoms with Crippen LogP contribution < -0.4 is 11.1 Å². The number of halogens is 1. The van der Waals surface area contributed by atoms with E-state index in [2.05, 4.69) is 22.4 Å². The summed E-state index contributed by atoms with van der Waals surface area (Å²) in [7, 11) is 0. The van der Waals surface area contributed by atoms with E-state index in [4.69, 9.17) is 17.3 Å². The van der Waals surface area contributed by atoms with E-state index in [9.17, 15) is 5.26 Å². The molecular weight excluding hydrogens is 348 g/mol. The van der Waals surface area contributed by atoms with Crippen molar-refractivity contribution in [1.82, 2.24) is 4.98 Å². The average Bonchev–Trinajstić information content (AvgIpc) is 3.11. The molecule has 1 atom stereocenters. The van der Waals surface area contributed by atoms with Gasteiger partial charge in [-0.25, -0.2) is 4.98 Å². The Hall–Kier alpha value is -1.65. The number of nitrogens with zero attached hydrogens (tertiary/aromatic N) is 2. The second-order valence-electron chi connectivity index (χ2n) is 5.30. The van der Waals surface area contributed by atoms with Gasteiger partial charge < -0.3 is 11.1 Å². The fraction of sp³-hybridized carbons (Fsp3) is 0.250. The van der Waals surface area contributed by atoms with Crippen molar-refractivity contribution in [3.8, 4) is 6.07 Å². The fourth-order valence-corrected chi connectivity index (χ4v) is 4.52. The smallest absolute Gasteiger partial charge is 0.131 e. The van der Waals surface area contributed by atoms with Gasteiger partial charge in [-0.15, -0.1) is 22.7 Å². The highest BCUT2D eigenvalue weighted by molar-refractivity contribution is 7.20. The van der Waals surface area contributed by atoms with Gasteiger partial charge in [-0.2, -0.15) is 5.26 Å². The van der Waals surface area contributed by atoms with Gasteiger partial charge in [-0.1, -0.05) is 17.7 Å². The van der Waals surface area contributed by atoms with Crippen molar-refractivity contribution in [1.29, 1.82) is 5.26 Å². The third-order valence-electron chi connectivity index (χ3n) is 3.34. The number of rotatable bonds is 5. The third kappa shape index (κ3) is 3.48. The zero-order chi connectivity index (χ0) is 16.4. The van der Waals surface area contributed by atoms with Crippen LogP contribution in [0.25, 0.3) is 10.2 Å². The van der Waals surface area contributed by atoms with Gasteiger partial charge >= 0.3 is 0 Å². The van der Waals surface area contributed by atoms with Crippen molar-refractivity contribution >= 4 is 50.2 Å². The van der Waals surface area contributed by atoms with Gasteiger partial charge in [-0.3, -0.25) is 0 Å². The second kappa shape index (κ2) is 6.85. The van der Waals surface area contributed by atoms with E-state index in [0.29, 0.717) is 22.7 Å². The van der Waals surface area contributed by atoms with E-state index in [0.717, 1.165) is 21.8 Å². The molecule has 3 heterocycles. The van der Waals surface area contributed by atoms with Crippen LogP contribution in [-0.2, 0) is 13.0 Å². The SMILES string of the molecule is C[C@H](N)Cc1sc2c(NCc3cccs3)cc(Cl)nc2c1C#N. The quantitative estimate of drug-likeness (QED) is 0.660. The van der Waals surface area contributed by atoms with Gasteiger partial charge in [0.1, 0.15) is 16.7 Å². The molecule has 0 aliphatic heterocycles. The minimum Gasteiger partial charge on any atom is -0.379 e. The monoisotopic (exact) mass is 362 g/mol. The second-order valence-corrected chi connectivity index (χ2v) is 7.82. The Morgan fingerprint density at radius 3 is 3.00 bits per heavy atom. The molecule has 3 aromatic rings. The van der Waals surface area contributed by atoms with Crippen LogP contribution in [0.5, 0.6) is 0 Å². The van der Waals surface area contributed by atoms with Gasteiger partial charge in [0.15, 0.2) is 0 Å². The first-order valence-electron chi connectivity index (χ1n) is 7.12. The highest BCUT2D eigenvalue weighted by Crippen LogP contribution is 2.37. The third-order valence-corrected chi connectivity index (χ3v) is 5.64. The lowest BCUT2D eigenvalue weighted by Gasteiger charge is -2.06. The first kappa shape index (κ1) is 16.2. The Kier molecular flexibility index (Phi) is 4.83. The zero-order valence-corrected chi connectivity index (χ0v) is 14.9. The van der Waals surface area contributed by atoms with Crippen molar-refractivity contribution in [3.05, 3.63) is 44.1 Å². The molecule has 0 aliphatic carbocycles. The largest absolute Gasteiger partial charge is 0.379 e. The number of thiophene rings is 2. The van der Waals surface area contributed by atoms with Crippen LogP contribution in [0.1, 0.15) is 22.2 Å². The lowest BCUT2D eigenvalue weighted by molar-refractivity contribution is 0.746. The summed E-state index contributed by atoms with van der Waals surface area (Å²) >= 11 is 9.41. The summed E-state index contributed by atoms with van der Waals surface area (Å²) in [5.74, 6) is 0. The van der Waals surface area contributed by atoms with Gasteiger partial charge in [0.2, 0.25) is 0 Å². The van der Waals surface area contributed by atoms with Gasteiger partial charge in [-0.05, 0) is 24.8 Å². The number of aromatic nitrogens is 1. The van der Waals surface area contributed by atoms with E-state index in [-0.39, 0.29) is 6.04 Å². The summed E-state index contributed by atoms with van der Waals surface area (Å²) in [6.07, 6.45) is 0.659. The Labute approximate surface area is 147 Å². The van der Waals surface area contributed by atoms with Crippen LogP contribution in [0.4, 0.5) is 5.69 Å². The van der Waals surface area contributed by atoms with Crippen molar-refractivity contribution < 1.29 is 0 Å². The topological polar surface area (TPSA) is 74.7 Å². The van der Waals surface area contributed by atoms with Crippen molar-refractivity contribution in [3.63, 3.8) is 0 Å². The lowest BCUT2D eigenvalue weighted by Crippen LogP contribution is -2.17. The summed E-state index contributed by atoms with van der Waals surface area (Å²) < 4.78 is 0.957. The molecule has 3 rings (SSSR count). The Balaban J connectivity index is 2.03. The maximum atomic E-state index is 9.49. The van der Waals surface area contributed by atoms with Crippen LogP contribution >= 0.6 is 34.3 Å². The number of pyridine rings is 1. The van der Waals surface area contributed by atoms with E-state index in [1.807, 2.05) is 24.4 Å². The number of fused-ring (bicyclic) bond motifs is 1. The fourth-order valence-electron chi connectivity index (χ4n) is 2.36. The van der Waals surface area contributed by atoms with E-state index >= 15 is 0 Å². The van der Waals surface area contributed by atoms with E-state index < -0.39 is 0 Å². The normalized spacial score (nSPS) is 12.3. The number of nitriles is 1. The molecule has 3 aromatic heterocycles. The molecule has 0 aliphatic rings. The summed E-state index contributed by atoms with van der Waals surface area (Å²) in [6, 6.07) is 8.16. The first-order valence-corrected chi connectivity index (χ1v) is 9.19. The molecule has 0 amide bonds. The molecule has 118 valence electrons.